The second-order valence-corrected chi connectivity index (χ2v) is 15.7. The minimum absolute atomic E-state index is 0.0272. The number of aliphatic hydroxyl groups excluding tert-OH is 2. The first kappa shape index (κ1) is 47.5. The van der Waals surface area contributed by atoms with Crippen molar-refractivity contribution in [1.29, 1.82) is 0 Å². The second-order valence-electron chi connectivity index (χ2n) is 15.7. The number of hydrogen-bond acceptors (Lipinski definition) is 15. The van der Waals surface area contributed by atoms with Crippen LogP contribution in [-0.4, -0.2) is 107 Å². The van der Waals surface area contributed by atoms with Gasteiger partial charge in [-0.15, -0.1) is 0 Å². The Balaban J connectivity index is 1.92. The summed E-state index contributed by atoms with van der Waals surface area (Å²) in [6, 6.07) is 0. The summed E-state index contributed by atoms with van der Waals surface area (Å²) >= 11 is 0. The highest BCUT2D eigenvalue weighted by Gasteiger charge is 2.50. The van der Waals surface area contributed by atoms with E-state index in [1.807, 2.05) is 6.92 Å². The number of methoxy groups -OCH3 is 1. The number of oxime groups is 1. The maximum Gasteiger partial charge on any atom is 0.312 e. The zero-order valence-electron chi connectivity index (χ0n) is 36.0. The summed E-state index contributed by atoms with van der Waals surface area (Å²) in [5, 5.41) is 64.0. The standard InChI is InChI=1S/C44H60N2O14/c1-11-12-17-56-19-20-58-45-21-29-34-39(52)32-31(38(29)51)33-41(27(7)37(32)50)60-44(9,42(33)53)57-18-16-30(55-10)24(4)40(59-28(8)47)26(6)36(49)25(5)35(48)22(2)14-13-15-23(3)43(54)46-34/h13-16,18,21-22,24-26,30,35-36,40,48-52H,11-12,17,19-20H2,1-10H3,(H,46,54)/b14-13+,18-16+,23-15-,45-21+/t22-,24-,25-,26-,30+,35+,36-,40-,44+/m1/s1. The van der Waals surface area contributed by atoms with E-state index in [4.69, 9.17) is 28.5 Å². The summed E-state index contributed by atoms with van der Waals surface area (Å²) in [7, 11) is 1.43. The van der Waals surface area contributed by atoms with Crippen LogP contribution in [-0.2, 0) is 33.4 Å². The fourth-order valence-electron chi connectivity index (χ4n) is 7.46. The van der Waals surface area contributed by atoms with Crippen LogP contribution in [0.2, 0.25) is 0 Å². The number of phenols is 3. The summed E-state index contributed by atoms with van der Waals surface area (Å²) < 4.78 is 29.0. The number of phenolic OH excluding ortho intramolecular Hbond substituents is 3. The number of allylic oxidation sites excluding steroid dienone is 2. The maximum absolute atomic E-state index is 14.4. The number of benzene rings is 2. The van der Waals surface area contributed by atoms with Gasteiger partial charge >= 0.3 is 11.8 Å². The number of carbonyl (C=O) groups excluding carboxylic acids is 3. The molecule has 5 rings (SSSR count). The molecular weight excluding hydrogens is 780 g/mol. The lowest BCUT2D eigenvalue weighted by Gasteiger charge is -2.38. The molecule has 0 saturated heterocycles. The van der Waals surface area contributed by atoms with Crippen molar-refractivity contribution in [2.75, 3.05) is 32.2 Å². The Kier molecular flexibility index (Phi) is 16.2. The van der Waals surface area contributed by atoms with Gasteiger partial charge < -0.3 is 59.4 Å². The molecule has 6 N–H and O–H groups in total. The molecule has 16 nitrogen and oxygen atoms in total. The lowest BCUT2D eigenvalue weighted by atomic mass is 9.78. The third-order valence-corrected chi connectivity index (χ3v) is 11.3. The number of amides is 1. The fourth-order valence-corrected chi connectivity index (χ4v) is 7.46. The number of aliphatic hydroxyl groups is 2. The number of carbonyl (C=O) groups is 3. The third-order valence-electron chi connectivity index (χ3n) is 11.3. The fraction of sp³-hybridized carbons (Fsp3) is 0.545. The number of nitrogens with zero attached hydrogens (tertiary/aromatic N) is 1. The zero-order valence-corrected chi connectivity index (χ0v) is 36.0. The van der Waals surface area contributed by atoms with Crippen LogP contribution in [0.25, 0.3) is 10.8 Å². The van der Waals surface area contributed by atoms with E-state index >= 15 is 0 Å². The van der Waals surface area contributed by atoms with Gasteiger partial charge in [0.1, 0.15) is 30.0 Å². The molecule has 0 spiro atoms. The average Bonchev–Trinajstić information content (AvgIpc) is 3.47. The molecule has 3 heterocycles. The van der Waals surface area contributed by atoms with Gasteiger partial charge in [0.15, 0.2) is 5.75 Å². The second kappa shape index (κ2) is 20.4. The van der Waals surface area contributed by atoms with Crippen LogP contribution >= 0.6 is 0 Å². The molecule has 5 bridgehead atoms. The largest absolute Gasteiger partial charge is 0.507 e. The minimum Gasteiger partial charge on any atom is -0.507 e. The van der Waals surface area contributed by atoms with Gasteiger partial charge in [-0.05, 0) is 26.3 Å². The predicted molar refractivity (Wildman–Crippen MR) is 223 cm³/mol. The molecule has 0 fully saturated rings. The summed E-state index contributed by atoms with van der Waals surface area (Å²) in [6.07, 6.45) is 6.29. The molecule has 0 aliphatic carbocycles. The van der Waals surface area contributed by atoms with Gasteiger partial charge in [-0.25, -0.2) is 0 Å². The Morgan fingerprint density at radius 3 is 2.30 bits per heavy atom. The monoisotopic (exact) mass is 840 g/mol. The highest BCUT2D eigenvalue weighted by atomic mass is 16.7. The van der Waals surface area contributed by atoms with Gasteiger partial charge in [0, 0.05) is 67.8 Å². The van der Waals surface area contributed by atoms with E-state index in [9.17, 15) is 39.9 Å². The molecule has 60 heavy (non-hydrogen) atoms. The van der Waals surface area contributed by atoms with Gasteiger partial charge in [-0.3, -0.25) is 14.4 Å². The van der Waals surface area contributed by atoms with Crippen molar-refractivity contribution in [2.24, 2.45) is 28.8 Å². The van der Waals surface area contributed by atoms with E-state index in [2.05, 4.69) is 10.5 Å². The van der Waals surface area contributed by atoms with Crippen molar-refractivity contribution in [2.45, 2.75) is 105 Å². The van der Waals surface area contributed by atoms with Gasteiger partial charge in [0.2, 0.25) is 0 Å². The van der Waals surface area contributed by atoms with Crippen LogP contribution < -0.4 is 10.1 Å². The number of Topliss-reactive ketones (excluding diaryl/α,β-unsaturated/α-hetero) is 1. The van der Waals surface area contributed by atoms with E-state index in [-0.39, 0.29) is 57.7 Å². The Hall–Kier alpha value is -5.16. The lowest BCUT2D eigenvalue weighted by Crippen LogP contribution is -2.46. The Morgan fingerprint density at radius 2 is 1.65 bits per heavy atom. The molecule has 16 heteroatoms. The van der Waals surface area contributed by atoms with Gasteiger partial charge in [-0.2, -0.15) is 0 Å². The Morgan fingerprint density at radius 1 is 0.950 bits per heavy atom. The molecule has 3 aliphatic heterocycles. The average molecular weight is 841 g/mol. The molecule has 0 unspecified atom stereocenters. The van der Waals surface area contributed by atoms with Gasteiger partial charge in [-0.1, -0.05) is 64.4 Å². The molecule has 3 aliphatic rings. The number of ether oxygens (including phenoxy) is 5. The predicted octanol–water partition coefficient (Wildman–Crippen LogP) is 5.92. The van der Waals surface area contributed by atoms with E-state index in [0.29, 0.717) is 6.61 Å². The highest BCUT2D eigenvalue weighted by molar-refractivity contribution is 6.23. The normalized spacial score (nSPS) is 29.8. The van der Waals surface area contributed by atoms with E-state index in [1.54, 1.807) is 39.8 Å². The van der Waals surface area contributed by atoms with Crippen molar-refractivity contribution >= 4 is 40.3 Å². The molecule has 0 saturated carbocycles. The number of anilines is 1. The quantitative estimate of drug-likeness (QED) is 0.0407. The zero-order chi connectivity index (χ0) is 44.6. The number of aromatic hydroxyl groups is 3. The van der Waals surface area contributed by atoms with E-state index in [0.717, 1.165) is 19.1 Å². The molecule has 9 atom stereocenters. The van der Waals surface area contributed by atoms with Crippen LogP contribution in [0, 0.1) is 30.6 Å². The maximum atomic E-state index is 14.4. The van der Waals surface area contributed by atoms with Gasteiger partial charge in [0.05, 0.1) is 59.6 Å². The summed E-state index contributed by atoms with van der Waals surface area (Å²) in [5.41, 5.74) is -0.672. The number of unbranched alkanes of at least 4 members (excludes halogenated alkanes) is 1. The minimum atomic E-state index is -2.07. The van der Waals surface area contributed by atoms with Crippen LogP contribution in [0.4, 0.5) is 5.69 Å². The van der Waals surface area contributed by atoms with Crippen LogP contribution in [0.5, 0.6) is 23.0 Å². The molecule has 1 amide bonds. The molecule has 330 valence electrons. The summed E-state index contributed by atoms with van der Waals surface area (Å²) in [5.74, 6) is -8.73. The van der Waals surface area contributed by atoms with Gasteiger partial charge in [0.25, 0.3) is 11.7 Å². The van der Waals surface area contributed by atoms with Crippen LogP contribution in [0.1, 0.15) is 89.7 Å². The first-order chi connectivity index (χ1) is 28.3. The molecular formula is C44H60N2O14. The number of ketones is 1. The Labute approximate surface area is 350 Å². The van der Waals surface area contributed by atoms with Crippen molar-refractivity contribution < 1.29 is 68.4 Å². The van der Waals surface area contributed by atoms with Crippen molar-refractivity contribution in [1.82, 2.24) is 0 Å². The van der Waals surface area contributed by atoms with Crippen molar-refractivity contribution in [3.8, 4) is 23.0 Å². The first-order valence-electron chi connectivity index (χ1n) is 20.1. The number of fused-ring (bicyclic) bond motifs is 14. The third kappa shape index (κ3) is 10.1. The molecule has 0 aromatic heterocycles. The molecule has 2 aromatic rings. The van der Waals surface area contributed by atoms with Crippen LogP contribution in [0.3, 0.4) is 0 Å². The lowest BCUT2D eigenvalue weighted by molar-refractivity contribution is -0.160. The highest BCUT2D eigenvalue weighted by Crippen LogP contribution is 2.55. The smallest absolute Gasteiger partial charge is 0.312 e. The summed E-state index contributed by atoms with van der Waals surface area (Å²) in [4.78, 5) is 45.7. The summed E-state index contributed by atoms with van der Waals surface area (Å²) in [6.45, 7) is 15.2. The van der Waals surface area contributed by atoms with E-state index < -0.39 is 88.8 Å². The topological polar surface area (TPSA) is 232 Å². The molecule has 0 radical (unpaired) electrons. The number of rotatable bonds is 10. The first-order valence-corrected chi connectivity index (χ1v) is 20.1. The van der Waals surface area contributed by atoms with E-state index in [1.165, 1.54) is 53.2 Å². The number of esters is 1. The number of nitrogens with one attached hydrogen (secondary N) is 1. The number of hydrogen-bond donors (Lipinski definition) is 6. The van der Waals surface area contributed by atoms with Crippen molar-refractivity contribution in [3.63, 3.8) is 0 Å². The molecule has 2 aromatic carbocycles. The Bertz CT molecular complexity index is 2030. The SMILES string of the molecule is CCCCOCCO/N=C/c1c2c(O)c3c(O)c(C)c4c(c3c1O)C(=O)[C@@](C)(O/C=C/[C@H](OC)[C@@H](C)[C@@H](OC(C)=O)[C@H](C)[C@H](O)[C@H](C)[C@@H](O)[C@H](C)/C=C/C=C(/C)C(=O)N2)O4. The van der Waals surface area contributed by atoms with Crippen molar-refractivity contribution in [3.05, 3.63) is 52.8 Å². The van der Waals surface area contributed by atoms with Crippen LogP contribution in [0.15, 0.2) is 41.3 Å².